The van der Waals surface area contributed by atoms with Crippen LogP contribution in [0.25, 0.3) is 11.2 Å². The zero-order chi connectivity index (χ0) is 12.4. The number of aryl methyl sites for hydroxylation is 3. The normalized spacial score (nSPS) is 11.5. The first-order chi connectivity index (χ1) is 8.19. The molecule has 2 aromatic heterocycles. The third-order valence-electron chi connectivity index (χ3n) is 3.07. The topological polar surface area (TPSA) is 35.6 Å². The second-order valence-corrected chi connectivity index (χ2v) is 4.67. The van der Waals surface area contributed by atoms with E-state index >= 15 is 0 Å². The molecule has 2 heterocycles. The number of hydrogen-bond acceptors (Lipinski definition) is 2. The fourth-order valence-electron chi connectivity index (χ4n) is 2.24. The van der Waals surface area contributed by atoms with E-state index in [1.165, 1.54) is 12.8 Å². The lowest BCUT2D eigenvalue weighted by atomic mass is 10.2. The molecule has 4 nitrogen and oxygen atoms in total. The summed E-state index contributed by atoms with van der Waals surface area (Å²) in [6.07, 6.45) is 3.62. The van der Waals surface area contributed by atoms with Gasteiger partial charge in [-0.25, -0.2) is 4.98 Å². The molecular weight excluding hydrogens is 236 g/mol. The molecule has 0 aliphatic rings. The Bertz CT molecular complexity index is 512. The maximum absolute atomic E-state index is 5.96. The minimum atomic E-state index is 0.459. The number of alkyl halides is 1. The SMILES string of the molecule is CCCCCn1c(CCl)nc2c(C)nn(C)c21. The van der Waals surface area contributed by atoms with Crippen molar-refractivity contribution in [3.05, 3.63) is 11.5 Å². The minimum Gasteiger partial charge on any atom is -0.312 e. The molecule has 2 rings (SSSR count). The zero-order valence-electron chi connectivity index (χ0n) is 10.7. The van der Waals surface area contributed by atoms with Crippen LogP contribution in [-0.4, -0.2) is 19.3 Å². The van der Waals surface area contributed by atoms with E-state index in [1.807, 2.05) is 18.7 Å². The Hall–Kier alpha value is -1.03. The number of imidazole rings is 1. The van der Waals surface area contributed by atoms with Gasteiger partial charge in [-0.15, -0.1) is 11.6 Å². The molecule has 17 heavy (non-hydrogen) atoms. The largest absolute Gasteiger partial charge is 0.312 e. The molecule has 0 spiro atoms. The molecule has 0 saturated heterocycles. The Morgan fingerprint density at radius 3 is 2.71 bits per heavy atom. The summed E-state index contributed by atoms with van der Waals surface area (Å²) in [5.41, 5.74) is 3.05. The highest BCUT2D eigenvalue weighted by atomic mass is 35.5. The monoisotopic (exact) mass is 254 g/mol. The van der Waals surface area contributed by atoms with E-state index in [2.05, 4.69) is 21.6 Å². The van der Waals surface area contributed by atoms with Crippen LogP contribution in [0.4, 0.5) is 0 Å². The average molecular weight is 255 g/mol. The molecule has 0 aromatic carbocycles. The molecule has 0 saturated carbocycles. The van der Waals surface area contributed by atoms with Crippen LogP contribution in [0.2, 0.25) is 0 Å². The predicted octanol–water partition coefficient (Wildman–Crippen LogP) is 3.01. The molecule has 0 bridgehead atoms. The maximum Gasteiger partial charge on any atom is 0.158 e. The number of nitrogens with zero attached hydrogens (tertiary/aromatic N) is 4. The lowest BCUT2D eigenvalue weighted by molar-refractivity contribution is 0.585. The first-order valence-corrected chi connectivity index (χ1v) is 6.67. The first kappa shape index (κ1) is 12.4. The summed E-state index contributed by atoms with van der Waals surface area (Å²) in [5.74, 6) is 1.41. The summed E-state index contributed by atoms with van der Waals surface area (Å²) >= 11 is 5.96. The summed E-state index contributed by atoms with van der Waals surface area (Å²) in [7, 11) is 1.96. The Kier molecular flexibility index (Phi) is 3.72. The van der Waals surface area contributed by atoms with E-state index in [4.69, 9.17) is 11.6 Å². The van der Waals surface area contributed by atoms with Crippen molar-refractivity contribution in [2.24, 2.45) is 7.05 Å². The van der Waals surface area contributed by atoms with Crippen LogP contribution < -0.4 is 0 Å². The Balaban J connectivity index is 2.42. The Morgan fingerprint density at radius 1 is 1.29 bits per heavy atom. The van der Waals surface area contributed by atoms with Gasteiger partial charge in [0.2, 0.25) is 0 Å². The van der Waals surface area contributed by atoms with Gasteiger partial charge in [-0.3, -0.25) is 4.68 Å². The van der Waals surface area contributed by atoms with Gasteiger partial charge >= 0.3 is 0 Å². The molecule has 0 aliphatic carbocycles. The van der Waals surface area contributed by atoms with Gasteiger partial charge in [0.25, 0.3) is 0 Å². The lowest BCUT2D eigenvalue weighted by Gasteiger charge is -2.07. The highest BCUT2D eigenvalue weighted by Crippen LogP contribution is 2.20. The van der Waals surface area contributed by atoms with Gasteiger partial charge in [0.05, 0.1) is 11.6 Å². The van der Waals surface area contributed by atoms with Gasteiger partial charge in [-0.1, -0.05) is 19.8 Å². The number of aromatic nitrogens is 4. The highest BCUT2D eigenvalue weighted by Gasteiger charge is 2.16. The van der Waals surface area contributed by atoms with E-state index in [1.54, 1.807) is 0 Å². The summed E-state index contributed by atoms with van der Waals surface area (Å²) in [6.45, 7) is 5.18. The van der Waals surface area contributed by atoms with E-state index in [-0.39, 0.29) is 0 Å². The van der Waals surface area contributed by atoms with Crippen molar-refractivity contribution in [1.29, 1.82) is 0 Å². The molecule has 0 N–H and O–H groups in total. The maximum atomic E-state index is 5.96. The molecule has 2 aromatic rings. The number of hydrogen-bond donors (Lipinski definition) is 0. The molecule has 0 radical (unpaired) electrons. The molecule has 5 heteroatoms. The van der Waals surface area contributed by atoms with Crippen molar-refractivity contribution in [3.8, 4) is 0 Å². The van der Waals surface area contributed by atoms with Crippen LogP contribution in [0.5, 0.6) is 0 Å². The van der Waals surface area contributed by atoms with Crippen LogP contribution in [-0.2, 0) is 19.5 Å². The van der Waals surface area contributed by atoms with Gasteiger partial charge in [-0.05, 0) is 13.3 Å². The quantitative estimate of drug-likeness (QED) is 0.607. The van der Waals surface area contributed by atoms with Crippen molar-refractivity contribution in [2.75, 3.05) is 0 Å². The van der Waals surface area contributed by atoms with Crippen LogP contribution in [0, 0.1) is 6.92 Å². The minimum absolute atomic E-state index is 0.459. The first-order valence-electron chi connectivity index (χ1n) is 6.13. The number of fused-ring (bicyclic) bond motifs is 1. The lowest BCUT2D eigenvalue weighted by Crippen LogP contribution is -2.06. The van der Waals surface area contributed by atoms with E-state index < -0.39 is 0 Å². The van der Waals surface area contributed by atoms with Crippen molar-refractivity contribution in [2.45, 2.75) is 45.5 Å². The predicted molar refractivity (Wildman–Crippen MR) is 70.3 cm³/mol. The standard InChI is InChI=1S/C12H19ClN4/c1-4-5-6-7-17-10(8-13)14-11-9(2)15-16(3)12(11)17/h4-8H2,1-3H3. The molecule has 0 unspecified atom stereocenters. The second-order valence-electron chi connectivity index (χ2n) is 4.40. The summed E-state index contributed by atoms with van der Waals surface area (Å²) in [6, 6.07) is 0. The fraction of sp³-hybridized carbons (Fsp3) is 0.667. The number of rotatable bonds is 5. The van der Waals surface area contributed by atoms with Crippen molar-refractivity contribution < 1.29 is 0 Å². The number of halogens is 1. The van der Waals surface area contributed by atoms with E-state index in [0.29, 0.717) is 5.88 Å². The van der Waals surface area contributed by atoms with Crippen LogP contribution >= 0.6 is 11.6 Å². The molecule has 0 aliphatic heterocycles. The van der Waals surface area contributed by atoms with E-state index in [9.17, 15) is 0 Å². The van der Waals surface area contributed by atoms with Gasteiger partial charge in [0.15, 0.2) is 5.65 Å². The van der Waals surface area contributed by atoms with Crippen LogP contribution in [0.15, 0.2) is 0 Å². The van der Waals surface area contributed by atoms with Crippen molar-refractivity contribution >= 4 is 22.8 Å². The van der Waals surface area contributed by atoms with Crippen LogP contribution in [0.3, 0.4) is 0 Å². The van der Waals surface area contributed by atoms with Crippen molar-refractivity contribution in [3.63, 3.8) is 0 Å². The molecule has 0 atom stereocenters. The van der Waals surface area contributed by atoms with Gasteiger partial charge in [0, 0.05) is 13.6 Å². The number of unbranched alkanes of at least 4 members (excludes halogenated alkanes) is 2. The Labute approximate surface area is 107 Å². The average Bonchev–Trinajstić information content (AvgIpc) is 2.79. The fourth-order valence-corrected chi connectivity index (χ4v) is 2.44. The van der Waals surface area contributed by atoms with Gasteiger partial charge in [-0.2, -0.15) is 5.10 Å². The zero-order valence-corrected chi connectivity index (χ0v) is 11.5. The summed E-state index contributed by atoms with van der Waals surface area (Å²) in [5, 5.41) is 4.40. The van der Waals surface area contributed by atoms with Gasteiger partial charge in [0.1, 0.15) is 11.3 Å². The third-order valence-corrected chi connectivity index (χ3v) is 3.31. The second kappa shape index (κ2) is 5.08. The molecule has 0 amide bonds. The summed E-state index contributed by atoms with van der Waals surface area (Å²) in [4.78, 5) is 4.58. The molecule has 94 valence electrons. The van der Waals surface area contributed by atoms with Gasteiger partial charge < -0.3 is 4.57 Å². The molecular formula is C12H19ClN4. The van der Waals surface area contributed by atoms with Crippen molar-refractivity contribution in [1.82, 2.24) is 19.3 Å². The summed E-state index contributed by atoms with van der Waals surface area (Å²) < 4.78 is 4.11. The van der Waals surface area contributed by atoms with E-state index in [0.717, 1.165) is 35.6 Å². The van der Waals surface area contributed by atoms with Crippen LogP contribution in [0.1, 0.15) is 37.7 Å². The molecule has 0 fully saturated rings. The highest BCUT2D eigenvalue weighted by molar-refractivity contribution is 6.16. The third kappa shape index (κ3) is 2.18. The smallest absolute Gasteiger partial charge is 0.158 e. The Morgan fingerprint density at radius 2 is 2.06 bits per heavy atom.